The molecule has 3 aromatic rings. The van der Waals surface area contributed by atoms with Crippen molar-refractivity contribution in [1.82, 2.24) is 5.32 Å². The standard InChI is InChI=1S/C23H22N2O2S/c1-15-7-5-10-17(13-15)21(26)25-23-20(18-11-6-12-19(18)28-23)22(27)24-14-16-8-3-2-4-9-16/h2-5,7-10,13H,6,11-12,14H2,1H3,(H,24,27)(H,25,26). The van der Waals surface area contributed by atoms with Gasteiger partial charge in [-0.15, -0.1) is 11.3 Å². The van der Waals surface area contributed by atoms with Gasteiger partial charge in [-0.05, 0) is 49.4 Å². The summed E-state index contributed by atoms with van der Waals surface area (Å²) in [4.78, 5) is 26.9. The molecule has 28 heavy (non-hydrogen) atoms. The summed E-state index contributed by atoms with van der Waals surface area (Å²) in [5.41, 5.74) is 4.41. The average Bonchev–Trinajstić information content (AvgIpc) is 3.27. The summed E-state index contributed by atoms with van der Waals surface area (Å²) in [6, 6.07) is 17.3. The van der Waals surface area contributed by atoms with E-state index < -0.39 is 0 Å². The predicted molar refractivity (Wildman–Crippen MR) is 113 cm³/mol. The van der Waals surface area contributed by atoms with Crippen LogP contribution in [0.3, 0.4) is 0 Å². The van der Waals surface area contributed by atoms with Gasteiger partial charge in [0.2, 0.25) is 0 Å². The van der Waals surface area contributed by atoms with Crippen LogP contribution in [0.4, 0.5) is 5.00 Å². The van der Waals surface area contributed by atoms with Gasteiger partial charge >= 0.3 is 0 Å². The van der Waals surface area contributed by atoms with Crippen LogP contribution in [0.1, 0.15) is 48.7 Å². The molecular weight excluding hydrogens is 368 g/mol. The first-order valence-corrected chi connectivity index (χ1v) is 10.3. The number of fused-ring (bicyclic) bond motifs is 1. The number of amides is 2. The van der Waals surface area contributed by atoms with Crippen molar-refractivity contribution in [2.75, 3.05) is 5.32 Å². The molecule has 0 radical (unpaired) electrons. The molecule has 0 spiro atoms. The van der Waals surface area contributed by atoms with Crippen molar-refractivity contribution >= 4 is 28.2 Å². The van der Waals surface area contributed by atoms with Gasteiger partial charge in [-0.3, -0.25) is 9.59 Å². The maximum absolute atomic E-state index is 13.0. The Morgan fingerprint density at radius 2 is 1.82 bits per heavy atom. The highest BCUT2D eigenvalue weighted by atomic mass is 32.1. The van der Waals surface area contributed by atoms with E-state index in [1.807, 2.05) is 55.5 Å². The van der Waals surface area contributed by atoms with Crippen LogP contribution in [0.2, 0.25) is 0 Å². The lowest BCUT2D eigenvalue weighted by Crippen LogP contribution is -2.25. The van der Waals surface area contributed by atoms with Crippen LogP contribution in [0.5, 0.6) is 0 Å². The number of hydrogen-bond acceptors (Lipinski definition) is 3. The van der Waals surface area contributed by atoms with Crippen molar-refractivity contribution in [3.8, 4) is 0 Å². The lowest BCUT2D eigenvalue weighted by atomic mass is 10.1. The monoisotopic (exact) mass is 390 g/mol. The summed E-state index contributed by atoms with van der Waals surface area (Å²) in [5.74, 6) is -0.302. The zero-order chi connectivity index (χ0) is 19.5. The van der Waals surface area contributed by atoms with Gasteiger partial charge in [0.25, 0.3) is 11.8 Å². The molecule has 0 bridgehead atoms. The topological polar surface area (TPSA) is 58.2 Å². The molecule has 142 valence electrons. The third kappa shape index (κ3) is 3.85. The first-order valence-electron chi connectivity index (χ1n) is 9.46. The van der Waals surface area contributed by atoms with Gasteiger partial charge in [0.05, 0.1) is 5.56 Å². The van der Waals surface area contributed by atoms with E-state index in [4.69, 9.17) is 0 Å². The SMILES string of the molecule is Cc1cccc(C(=O)Nc2sc3c(c2C(=O)NCc2ccccc2)CCC3)c1. The van der Waals surface area contributed by atoms with Crippen LogP contribution in [0.25, 0.3) is 0 Å². The van der Waals surface area contributed by atoms with E-state index >= 15 is 0 Å². The summed E-state index contributed by atoms with van der Waals surface area (Å²) >= 11 is 1.53. The average molecular weight is 391 g/mol. The van der Waals surface area contributed by atoms with Gasteiger partial charge in [-0.1, -0.05) is 48.0 Å². The molecule has 0 saturated heterocycles. The van der Waals surface area contributed by atoms with E-state index in [0.717, 1.165) is 36.0 Å². The summed E-state index contributed by atoms with van der Waals surface area (Å²) in [6.45, 7) is 2.43. The van der Waals surface area contributed by atoms with Crippen LogP contribution < -0.4 is 10.6 Å². The largest absolute Gasteiger partial charge is 0.348 e. The van der Waals surface area contributed by atoms with Crippen LogP contribution in [-0.4, -0.2) is 11.8 Å². The summed E-state index contributed by atoms with van der Waals surface area (Å²) < 4.78 is 0. The van der Waals surface area contributed by atoms with E-state index in [2.05, 4.69) is 10.6 Å². The van der Waals surface area contributed by atoms with Gasteiger partial charge in [0.15, 0.2) is 0 Å². The number of hydrogen-bond donors (Lipinski definition) is 2. The van der Waals surface area contributed by atoms with Gasteiger partial charge < -0.3 is 10.6 Å². The Morgan fingerprint density at radius 3 is 2.61 bits per heavy atom. The summed E-state index contributed by atoms with van der Waals surface area (Å²) in [6.07, 6.45) is 2.92. The molecule has 0 aliphatic heterocycles. The Kier molecular flexibility index (Phi) is 5.26. The third-order valence-electron chi connectivity index (χ3n) is 4.95. The Morgan fingerprint density at radius 1 is 1.00 bits per heavy atom. The van der Waals surface area contributed by atoms with E-state index in [1.54, 1.807) is 6.07 Å². The van der Waals surface area contributed by atoms with Crippen molar-refractivity contribution in [3.63, 3.8) is 0 Å². The zero-order valence-electron chi connectivity index (χ0n) is 15.7. The Bertz CT molecular complexity index is 1020. The van der Waals surface area contributed by atoms with Crippen molar-refractivity contribution < 1.29 is 9.59 Å². The van der Waals surface area contributed by atoms with Crippen LogP contribution in [-0.2, 0) is 19.4 Å². The molecule has 1 aliphatic carbocycles. The number of anilines is 1. The van der Waals surface area contributed by atoms with Gasteiger partial charge in [-0.25, -0.2) is 0 Å². The molecule has 5 heteroatoms. The fraction of sp³-hybridized carbons (Fsp3) is 0.217. The van der Waals surface area contributed by atoms with Gasteiger partial charge in [0, 0.05) is 17.0 Å². The van der Waals surface area contributed by atoms with Crippen molar-refractivity contribution in [3.05, 3.63) is 87.3 Å². The van der Waals surface area contributed by atoms with Crippen LogP contribution >= 0.6 is 11.3 Å². The molecule has 2 N–H and O–H groups in total. The highest BCUT2D eigenvalue weighted by Gasteiger charge is 2.27. The predicted octanol–water partition coefficient (Wildman–Crippen LogP) is 4.73. The van der Waals surface area contributed by atoms with Crippen LogP contribution in [0, 0.1) is 6.92 Å². The Hall–Kier alpha value is -2.92. The zero-order valence-corrected chi connectivity index (χ0v) is 16.6. The second-order valence-electron chi connectivity index (χ2n) is 7.05. The molecule has 2 amide bonds. The van der Waals surface area contributed by atoms with Gasteiger partial charge in [0.1, 0.15) is 5.00 Å². The lowest BCUT2D eigenvalue weighted by molar-refractivity contribution is 0.0951. The van der Waals surface area contributed by atoms with Crippen molar-refractivity contribution in [1.29, 1.82) is 0 Å². The van der Waals surface area contributed by atoms with Gasteiger partial charge in [-0.2, -0.15) is 0 Å². The number of carbonyl (C=O) groups is 2. The maximum atomic E-state index is 13.0. The van der Waals surface area contributed by atoms with E-state index in [1.165, 1.54) is 16.2 Å². The van der Waals surface area contributed by atoms with Crippen LogP contribution in [0.15, 0.2) is 54.6 Å². The highest BCUT2D eigenvalue weighted by molar-refractivity contribution is 7.17. The molecule has 4 nitrogen and oxygen atoms in total. The second kappa shape index (κ2) is 7.98. The number of rotatable bonds is 5. The maximum Gasteiger partial charge on any atom is 0.256 e. The normalized spacial score (nSPS) is 12.5. The molecule has 1 heterocycles. The molecule has 4 rings (SSSR count). The first-order chi connectivity index (χ1) is 13.6. The first kappa shape index (κ1) is 18.4. The molecule has 2 aromatic carbocycles. The number of thiophene rings is 1. The molecular formula is C23H22N2O2S. The van der Waals surface area contributed by atoms with E-state index in [9.17, 15) is 9.59 Å². The highest BCUT2D eigenvalue weighted by Crippen LogP contribution is 2.39. The molecule has 0 atom stereocenters. The third-order valence-corrected chi connectivity index (χ3v) is 6.16. The minimum atomic E-state index is -0.180. The smallest absolute Gasteiger partial charge is 0.256 e. The quantitative estimate of drug-likeness (QED) is 0.662. The minimum Gasteiger partial charge on any atom is -0.348 e. The molecule has 0 saturated carbocycles. The molecule has 0 fully saturated rings. The van der Waals surface area contributed by atoms with Crippen molar-refractivity contribution in [2.24, 2.45) is 0 Å². The number of benzene rings is 2. The van der Waals surface area contributed by atoms with Crippen molar-refractivity contribution in [2.45, 2.75) is 32.7 Å². The summed E-state index contributed by atoms with van der Waals surface area (Å²) in [5, 5.41) is 6.65. The fourth-order valence-corrected chi connectivity index (χ4v) is 4.84. The number of aryl methyl sites for hydroxylation is 2. The molecule has 1 aromatic heterocycles. The molecule has 1 aliphatic rings. The molecule has 0 unspecified atom stereocenters. The summed E-state index contributed by atoms with van der Waals surface area (Å²) in [7, 11) is 0. The minimum absolute atomic E-state index is 0.122. The fourth-order valence-electron chi connectivity index (χ4n) is 3.56. The number of nitrogens with one attached hydrogen (secondary N) is 2. The Balaban J connectivity index is 1.56. The second-order valence-corrected chi connectivity index (χ2v) is 8.16. The van der Waals surface area contributed by atoms with E-state index in [-0.39, 0.29) is 11.8 Å². The Labute approximate surface area is 168 Å². The lowest BCUT2D eigenvalue weighted by Gasteiger charge is -2.10. The number of carbonyl (C=O) groups excluding carboxylic acids is 2. The van der Waals surface area contributed by atoms with E-state index in [0.29, 0.717) is 22.7 Å².